The molecule has 33 heavy (non-hydrogen) atoms. The lowest BCUT2D eigenvalue weighted by atomic mass is 9.50. The van der Waals surface area contributed by atoms with Gasteiger partial charge in [0.25, 0.3) is 10.0 Å². The fraction of sp³-hybridized carbons (Fsp3) is 0.480. The minimum absolute atomic E-state index is 0.0495. The van der Waals surface area contributed by atoms with Crippen LogP contribution in [-0.2, 0) is 14.8 Å². The minimum Gasteiger partial charge on any atom is -0.462 e. The molecule has 6 rings (SSSR count). The smallest absolute Gasteiger partial charge is 0.338 e. The lowest BCUT2D eigenvalue weighted by Crippen LogP contribution is -2.48. The van der Waals surface area contributed by atoms with Crippen LogP contribution in [0.1, 0.15) is 48.9 Å². The highest BCUT2D eigenvalue weighted by Crippen LogP contribution is 2.60. The van der Waals surface area contributed by atoms with Gasteiger partial charge in [-0.05, 0) is 98.7 Å². The first-order valence-electron chi connectivity index (χ1n) is 11.4. The van der Waals surface area contributed by atoms with Gasteiger partial charge in [0.1, 0.15) is 4.90 Å². The van der Waals surface area contributed by atoms with Crippen molar-refractivity contribution in [3.05, 3.63) is 58.1 Å². The molecule has 4 bridgehead atoms. The molecule has 0 N–H and O–H groups in total. The Morgan fingerprint density at radius 2 is 1.58 bits per heavy atom. The summed E-state index contributed by atoms with van der Waals surface area (Å²) in [4.78, 5) is 12.8. The molecule has 0 amide bonds. The highest BCUT2D eigenvalue weighted by atomic mass is 35.5. The number of nitrogens with zero attached hydrogens (tertiary/aromatic N) is 1. The molecule has 4 fully saturated rings. The van der Waals surface area contributed by atoms with E-state index in [4.69, 9.17) is 27.9 Å². The summed E-state index contributed by atoms with van der Waals surface area (Å²) in [7, 11) is -2.56. The molecule has 5 nitrogen and oxygen atoms in total. The number of ether oxygens (including phenoxy) is 1. The van der Waals surface area contributed by atoms with Gasteiger partial charge in [0.2, 0.25) is 0 Å². The highest BCUT2D eigenvalue weighted by Gasteiger charge is 2.51. The molecule has 4 aliphatic rings. The third-order valence-corrected chi connectivity index (χ3v) is 10.2. The monoisotopic (exact) mass is 507 g/mol. The maximum absolute atomic E-state index is 13.3. The number of carbonyl (C=O) groups is 1. The fourth-order valence-electron chi connectivity index (χ4n) is 6.53. The fourth-order valence-corrected chi connectivity index (χ4v) is 8.35. The third kappa shape index (κ3) is 4.38. The zero-order valence-electron chi connectivity index (χ0n) is 18.5. The van der Waals surface area contributed by atoms with E-state index in [9.17, 15) is 13.2 Å². The van der Waals surface area contributed by atoms with Crippen molar-refractivity contribution >= 4 is 44.9 Å². The summed E-state index contributed by atoms with van der Waals surface area (Å²) in [6.07, 6.45) is 7.39. The van der Waals surface area contributed by atoms with Crippen molar-refractivity contribution in [2.75, 3.05) is 18.0 Å². The molecule has 4 aliphatic carbocycles. The Balaban J connectivity index is 1.34. The van der Waals surface area contributed by atoms with Gasteiger partial charge < -0.3 is 4.74 Å². The van der Waals surface area contributed by atoms with Crippen LogP contribution < -0.4 is 4.31 Å². The molecular formula is C25H27Cl2NO4S. The molecule has 0 spiro atoms. The van der Waals surface area contributed by atoms with Crippen LogP contribution in [0.5, 0.6) is 0 Å². The van der Waals surface area contributed by atoms with Crippen LogP contribution in [0.25, 0.3) is 0 Å². The molecule has 0 unspecified atom stereocenters. The van der Waals surface area contributed by atoms with Crippen molar-refractivity contribution in [2.24, 2.45) is 23.2 Å². The molecule has 2 aromatic rings. The number of hydrogen-bond donors (Lipinski definition) is 0. The van der Waals surface area contributed by atoms with E-state index >= 15 is 0 Å². The average Bonchev–Trinajstić information content (AvgIpc) is 2.77. The van der Waals surface area contributed by atoms with E-state index in [0.717, 1.165) is 41.3 Å². The molecule has 176 valence electrons. The molecule has 0 heterocycles. The van der Waals surface area contributed by atoms with Crippen molar-refractivity contribution in [2.45, 2.75) is 43.4 Å². The summed E-state index contributed by atoms with van der Waals surface area (Å²) in [5.41, 5.74) is 0.720. The number of halogens is 2. The van der Waals surface area contributed by atoms with Gasteiger partial charge >= 0.3 is 5.97 Å². The second-order valence-electron chi connectivity index (χ2n) is 10.1. The van der Waals surface area contributed by atoms with E-state index in [1.54, 1.807) is 24.3 Å². The Morgan fingerprint density at radius 3 is 2.15 bits per heavy atom. The molecule has 8 heteroatoms. The summed E-state index contributed by atoms with van der Waals surface area (Å²) in [6, 6.07) is 10.7. The van der Waals surface area contributed by atoms with E-state index in [1.165, 1.54) is 44.5 Å². The van der Waals surface area contributed by atoms with Crippen LogP contribution in [0, 0.1) is 23.2 Å². The molecule has 0 aliphatic heterocycles. The van der Waals surface area contributed by atoms with Crippen molar-refractivity contribution in [1.82, 2.24) is 0 Å². The largest absolute Gasteiger partial charge is 0.462 e. The molecule has 2 aromatic carbocycles. The Kier molecular flexibility index (Phi) is 5.91. The zero-order valence-corrected chi connectivity index (χ0v) is 20.8. The predicted octanol–water partition coefficient (Wildman–Crippen LogP) is 6.19. The van der Waals surface area contributed by atoms with E-state index in [1.807, 2.05) is 0 Å². The number of carbonyl (C=O) groups excluding carboxylic acids is 1. The maximum atomic E-state index is 13.3. The lowest BCUT2D eigenvalue weighted by molar-refractivity contribution is -0.0848. The summed E-state index contributed by atoms with van der Waals surface area (Å²) in [5.74, 6) is 1.80. The average molecular weight is 508 g/mol. The summed E-state index contributed by atoms with van der Waals surface area (Å²) in [5, 5.41) is 0.555. The normalized spacial score (nSPS) is 28.0. The molecule has 0 saturated heterocycles. The van der Waals surface area contributed by atoms with Crippen LogP contribution >= 0.6 is 23.2 Å². The molecule has 4 saturated carbocycles. The number of hydrogen-bond acceptors (Lipinski definition) is 4. The predicted molar refractivity (Wildman–Crippen MR) is 129 cm³/mol. The van der Waals surface area contributed by atoms with Gasteiger partial charge in [-0.25, -0.2) is 13.2 Å². The SMILES string of the molecule is CN(c1ccc(Cl)cc1)S(=O)(=O)c1cc(C(=O)OCC23CC4CC(CC(C4)C2)C3)ccc1Cl. The van der Waals surface area contributed by atoms with Crippen LogP contribution in [0.15, 0.2) is 47.4 Å². The Hall–Kier alpha value is -1.76. The van der Waals surface area contributed by atoms with Gasteiger partial charge in [0.05, 0.1) is 22.9 Å². The topological polar surface area (TPSA) is 63.7 Å². The number of anilines is 1. The van der Waals surface area contributed by atoms with Crippen LogP contribution in [0.2, 0.25) is 10.0 Å². The molecule has 0 aromatic heterocycles. The van der Waals surface area contributed by atoms with E-state index < -0.39 is 16.0 Å². The Labute approximate surface area is 205 Å². The third-order valence-electron chi connectivity index (χ3n) is 7.67. The van der Waals surface area contributed by atoms with Crippen LogP contribution in [0.3, 0.4) is 0 Å². The first kappa shape index (κ1) is 23.0. The second-order valence-corrected chi connectivity index (χ2v) is 12.9. The van der Waals surface area contributed by atoms with E-state index in [0.29, 0.717) is 17.3 Å². The van der Waals surface area contributed by atoms with Crippen molar-refractivity contribution in [3.8, 4) is 0 Å². The molecule has 0 atom stereocenters. The van der Waals surface area contributed by atoms with Crippen molar-refractivity contribution < 1.29 is 17.9 Å². The van der Waals surface area contributed by atoms with Gasteiger partial charge in [-0.3, -0.25) is 4.31 Å². The first-order chi connectivity index (χ1) is 15.6. The highest BCUT2D eigenvalue weighted by molar-refractivity contribution is 7.93. The second kappa shape index (κ2) is 8.47. The van der Waals surface area contributed by atoms with Crippen molar-refractivity contribution in [3.63, 3.8) is 0 Å². The van der Waals surface area contributed by atoms with Gasteiger partial charge in [0, 0.05) is 17.5 Å². The number of benzene rings is 2. The van der Waals surface area contributed by atoms with E-state index in [-0.39, 0.29) is 20.9 Å². The van der Waals surface area contributed by atoms with Gasteiger partial charge in [-0.15, -0.1) is 0 Å². The van der Waals surface area contributed by atoms with Crippen LogP contribution in [-0.4, -0.2) is 28.0 Å². The summed E-state index contributed by atoms with van der Waals surface area (Å²) >= 11 is 12.2. The number of esters is 1. The molecule has 0 radical (unpaired) electrons. The zero-order chi connectivity index (χ0) is 23.4. The van der Waals surface area contributed by atoms with E-state index in [2.05, 4.69) is 0 Å². The number of sulfonamides is 1. The number of rotatable bonds is 6. The lowest BCUT2D eigenvalue weighted by Gasteiger charge is -2.56. The van der Waals surface area contributed by atoms with Gasteiger partial charge in [-0.2, -0.15) is 0 Å². The Bertz CT molecular complexity index is 1140. The van der Waals surface area contributed by atoms with Crippen molar-refractivity contribution in [1.29, 1.82) is 0 Å². The first-order valence-corrected chi connectivity index (χ1v) is 13.6. The van der Waals surface area contributed by atoms with Gasteiger partial charge in [-0.1, -0.05) is 23.2 Å². The maximum Gasteiger partial charge on any atom is 0.338 e. The minimum atomic E-state index is -3.99. The van der Waals surface area contributed by atoms with Gasteiger partial charge in [0.15, 0.2) is 0 Å². The quantitative estimate of drug-likeness (QED) is 0.437. The molecular weight excluding hydrogens is 481 g/mol. The standard InChI is InChI=1S/C25H27Cl2NO4S/c1-28(21-5-3-20(26)4-6-21)33(30,31)23-11-19(2-7-22(23)27)24(29)32-15-25-12-16-8-17(13-25)10-18(9-16)14-25/h2-7,11,16-18H,8-10,12-15H2,1H3. The summed E-state index contributed by atoms with van der Waals surface area (Å²) in [6.45, 7) is 0.407. The Morgan fingerprint density at radius 1 is 1.00 bits per heavy atom. The summed E-state index contributed by atoms with van der Waals surface area (Å²) < 4.78 is 33.4. The van der Waals surface area contributed by atoms with Crippen LogP contribution in [0.4, 0.5) is 5.69 Å².